The summed E-state index contributed by atoms with van der Waals surface area (Å²) in [6.07, 6.45) is 1.65. The second-order valence-electron chi connectivity index (χ2n) is 5.16. The molecule has 1 aromatic heterocycles. The van der Waals surface area contributed by atoms with Gasteiger partial charge in [-0.05, 0) is 36.4 Å². The van der Waals surface area contributed by atoms with Crippen LogP contribution >= 0.6 is 0 Å². The van der Waals surface area contributed by atoms with E-state index in [2.05, 4.69) is 27.0 Å². The zero-order valence-electron chi connectivity index (χ0n) is 11.9. The number of rotatable bonds is 2. The fourth-order valence-corrected chi connectivity index (χ4v) is 2.62. The van der Waals surface area contributed by atoms with Gasteiger partial charge in [-0.1, -0.05) is 6.07 Å². The second-order valence-corrected chi connectivity index (χ2v) is 5.16. The van der Waals surface area contributed by atoms with Gasteiger partial charge in [0.15, 0.2) is 0 Å². The Morgan fingerprint density at radius 1 is 1.05 bits per heavy atom. The van der Waals surface area contributed by atoms with Gasteiger partial charge in [0.2, 0.25) is 0 Å². The average Bonchev–Trinajstić information content (AvgIpc) is 3.15. The minimum atomic E-state index is -0.249. The van der Waals surface area contributed by atoms with Gasteiger partial charge in [-0.25, -0.2) is 9.37 Å². The number of nitrogens with one attached hydrogen (secondary N) is 3. The minimum Gasteiger partial charge on any atom is -0.344 e. The molecule has 0 saturated carbocycles. The normalized spacial score (nSPS) is 13.1. The van der Waals surface area contributed by atoms with Gasteiger partial charge in [-0.15, -0.1) is 5.53 Å². The Labute approximate surface area is 126 Å². The summed E-state index contributed by atoms with van der Waals surface area (Å²) in [6, 6.07) is 12.5. The highest BCUT2D eigenvalue weighted by molar-refractivity contribution is 5.84. The number of H-pyrrole nitrogens is 1. The van der Waals surface area contributed by atoms with Crippen LogP contribution in [0.2, 0.25) is 0 Å². The van der Waals surface area contributed by atoms with Crippen LogP contribution in [-0.2, 0) is 0 Å². The van der Waals surface area contributed by atoms with E-state index in [1.807, 2.05) is 24.2 Å². The van der Waals surface area contributed by atoms with Gasteiger partial charge in [-0.3, -0.25) is 5.01 Å². The monoisotopic (exact) mass is 295 g/mol. The molecule has 2 heterocycles. The SMILES string of the molecule is CN1NNc2ccc(-c3nc[nH]c3-c3ccc(F)cc3)cc21. The van der Waals surface area contributed by atoms with Crippen LogP contribution < -0.4 is 16.0 Å². The van der Waals surface area contributed by atoms with Gasteiger partial charge in [0.25, 0.3) is 0 Å². The molecule has 3 N–H and O–H groups in total. The fraction of sp³-hybridized carbons (Fsp3) is 0.0625. The van der Waals surface area contributed by atoms with Gasteiger partial charge >= 0.3 is 0 Å². The summed E-state index contributed by atoms with van der Waals surface area (Å²) in [5.74, 6) is -0.249. The van der Waals surface area contributed by atoms with Crippen molar-refractivity contribution in [2.45, 2.75) is 0 Å². The molecule has 110 valence electrons. The third kappa shape index (κ3) is 2.01. The zero-order valence-corrected chi connectivity index (χ0v) is 11.9. The van der Waals surface area contributed by atoms with E-state index in [0.717, 1.165) is 33.9 Å². The lowest BCUT2D eigenvalue weighted by atomic mass is 10.0. The molecule has 0 amide bonds. The maximum Gasteiger partial charge on any atom is 0.123 e. The van der Waals surface area contributed by atoms with E-state index in [-0.39, 0.29) is 5.82 Å². The summed E-state index contributed by atoms with van der Waals surface area (Å²) in [5, 5.41) is 1.91. The van der Waals surface area contributed by atoms with Crippen LogP contribution in [0.1, 0.15) is 0 Å². The van der Waals surface area contributed by atoms with Crippen LogP contribution in [-0.4, -0.2) is 17.0 Å². The number of halogens is 1. The van der Waals surface area contributed by atoms with E-state index in [9.17, 15) is 4.39 Å². The van der Waals surface area contributed by atoms with E-state index in [0.29, 0.717) is 0 Å². The molecule has 1 aliphatic heterocycles. The Balaban J connectivity index is 1.80. The Bertz CT molecular complexity index is 825. The predicted molar refractivity (Wildman–Crippen MR) is 84.6 cm³/mol. The third-order valence-corrected chi connectivity index (χ3v) is 3.76. The van der Waals surface area contributed by atoms with Crippen LogP contribution in [0, 0.1) is 5.82 Å². The number of hydrogen-bond donors (Lipinski definition) is 3. The number of aromatic amines is 1. The average molecular weight is 295 g/mol. The lowest BCUT2D eigenvalue weighted by Crippen LogP contribution is -2.31. The number of aromatic nitrogens is 2. The van der Waals surface area contributed by atoms with Gasteiger partial charge < -0.3 is 10.4 Å². The van der Waals surface area contributed by atoms with Crippen LogP contribution in [0.25, 0.3) is 22.5 Å². The van der Waals surface area contributed by atoms with Crippen molar-refractivity contribution in [2.75, 3.05) is 17.5 Å². The first-order chi connectivity index (χ1) is 10.7. The lowest BCUT2D eigenvalue weighted by molar-refractivity contribution is 0.628. The molecule has 4 rings (SSSR count). The molecular formula is C16H14FN5. The molecule has 22 heavy (non-hydrogen) atoms. The standard InChI is InChI=1S/C16H14FN5/c1-22-14-8-11(4-7-13(14)20-21-22)16-15(18-9-19-16)10-2-5-12(17)6-3-10/h2-9,20-21H,1H3,(H,18,19). The molecule has 0 saturated heterocycles. The van der Waals surface area contributed by atoms with E-state index < -0.39 is 0 Å². The van der Waals surface area contributed by atoms with E-state index in [1.54, 1.807) is 18.5 Å². The number of imidazole rings is 1. The molecule has 1 aliphatic rings. The number of hydrogen-bond acceptors (Lipinski definition) is 4. The van der Waals surface area contributed by atoms with Gasteiger partial charge in [0, 0.05) is 18.2 Å². The van der Waals surface area contributed by atoms with Crippen LogP contribution in [0.5, 0.6) is 0 Å². The smallest absolute Gasteiger partial charge is 0.123 e. The molecule has 5 nitrogen and oxygen atoms in total. The molecule has 0 fully saturated rings. The number of fused-ring (bicyclic) bond motifs is 1. The van der Waals surface area contributed by atoms with Crippen molar-refractivity contribution in [3.8, 4) is 22.5 Å². The van der Waals surface area contributed by atoms with Crippen molar-refractivity contribution >= 4 is 11.4 Å². The molecule has 0 unspecified atom stereocenters. The van der Waals surface area contributed by atoms with Gasteiger partial charge in [-0.2, -0.15) is 0 Å². The molecule has 0 radical (unpaired) electrons. The van der Waals surface area contributed by atoms with E-state index in [1.165, 1.54) is 12.1 Å². The van der Waals surface area contributed by atoms with Crippen LogP contribution in [0.15, 0.2) is 48.8 Å². The van der Waals surface area contributed by atoms with Crippen molar-refractivity contribution in [3.05, 3.63) is 54.6 Å². The molecule has 3 aromatic rings. The predicted octanol–water partition coefficient (Wildman–Crippen LogP) is 3.16. The van der Waals surface area contributed by atoms with Crippen molar-refractivity contribution in [3.63, 3.8) is 0 Å². The Morgan fingerprint density at radius 2 is 1.82 bits per heavy atom. The third-order valence-electron chi connectivity index (χ3n) is 3.76. The molecule has 2 aromatic carbocycles. The first-order valence-corrected chi connectivity index (χ1v) is 6.91. The van der Waals surface area contributed by atoms with Crippen LogP contribution in [0.3, 0.4) is 0 Å². The molecule has 0 atom stereocenters. The number of anilines is 2. The Morgan fingerprint density at radius 3 is 2.64 bits per heavy atom. The Kier molecular flexibility index (Phi) is 2.83. The molecule has 0 bridgehead atoms. The van der Waals surface area contributed by atoms with E-state index >= 15 is 0 Å². The molecule has 0 spiro atoms. The molecule has 0 aliphatic carbocycles. The molecule has 6 heteroatoms. The summed E-state index contributed by atoms with van der Waals surface area (Å²) < 4.78 is 13.1. The first-order valence-electron chi connectivity index (χ1n) is 6.91. The number of hydrazine groups is 2. The maximum atomic E-state index is 13.1. The van der Waals surface area contributed by atoms with Crippen molar-refractivity contribution in [1.82, 2.24) is 15.5 Å². The topological polar surface area (TPSA) is 56.0 Å². The van der Waals surface area contributed by atoms with Crippen molar-refractivity contribution in [2.24, 2.45) is 0 Å². The number of nitrogens with zero attached hydrogens (tertiary/aromatic N) is 2. The molecular weight excluding hydrogens is 281 g/mol. The summed E-state index contributed by atoms with van der Waals surface area (Å²) in [6.45, 7) is 0. The first kappa shape index (κ1) is 12.8. The summed E-state index contributed by atoms with van der Waals surface area (Å²) in [5.41, 5.74) is 11.8. The summed E-state index contributed by atoms with van der Waals surface area (Å²) >= 11 is 0. The fourth-order valence-electron chi connectivity index (χ4n) is 2.62. The summed E-state index contributed by atoms with van der Waals surface area (Å²) in [4.78, 5) is 7.57. The second kappa shape index (κ2) is 4.85. The highest BCUT2D eigenvalue weighted by atomic mass is 19.1. The number of benzene rings is 2. The Hall–Kier alpha value is -2.86. The highest BCUT2D eigenvalue weighted by Gasteiger charge is 2.17. The van der Waals surface area contributed by atoms with Crippen LogP contribution in [0.4, 0.5) is 15.8 Å². The van der Waals surface area contributed by atoms with Gasteiger partial charge in [0.1, 0.15) is 5.82 Å². The van der Waals surface area contributed by atoms with E-state index in [4.69, 9.17) is 0 Å². The lowest BCUT2D eigenvalue weighted by Gasteiger charge is -2.11. The van der Waals surface area contributed by atoms with Crippen molar-refractivity contribution in [1.29, 1.82) is 0 Å². The zero-order chi connectivity index (χ0) is 15.1. The summed E-state index contributed by atoms with van der Waals surface area (Å²) in [7, 11) is 1.94. The highest BCUT2D eigenvalue weighted by Crippen LogP contribution is 2.35. The minimum absolute atomic E-state index is 0.249. The largest absolute Gasteiger partial charge is 0.344 e. The quantitative estimate of drug-likeness (QED) is 0.680. The maximum absolute atomic E-state index is 13.1. The van der Waals surface area contributed by atoms with Gasteiger partial charge in [0.05, 0.1) is 29.1 Å². The van der Waals surface area contributed by atoms with Crippen molar-refractivity contribution < 1.29 is 4.39 Å².